The van der Waals surface area contributed by atoms with Gasteiger partial charge in [-0.2, -0.15) is 0 Å². The van der Waals surface area contributed by atoms with Crippen molar-refractivity contribution < 1.29 is 15.0 Å². The van der Waals surface area contributed by atoms with Crippen LogP contribution in [0.1, 0.15) is 36.3 Å². The van der Waals surface area contributed by atoms with Crippen molar-refractivity contribution in [1.29, 1.82) is 0 Å². The first kappa shape index (κ1) is 17.6. The van der Waals surface area contributed by atoms with Gasteiger partial charge >= 0.3 is 0 Å². The molecular formula is C21H25NO3. The van der Waals surface area contributed by atoms with E-state index < -0.39 is 6.10 Å². The van der Waals surface area contributed by atoms with E-state index in [1.807, 2.05) is 60.7 Å². The van der Waals surface area contributed by atoms with Crippen molar-refractivity contribution in [2.45, 2.75) is 37.3 Å². The second-order valence-corrected chi connectivity index (χ2v) is 6.82. The van der Waals surface area contributed by atoms with Crippen LogP contribution < -0.4 is 5.32 Å². The molecule has 1 saturated carbocycles. The summed E-state index contributed by atoms with van der Waals surface area (Å²) in [6.45, 7) is -0.0375. The lowest BCUT2D eigenvalue weighted by Gasteiger charge is -2.19. The zero-order chi connectivity index (χ0) is 17.6. The Bertz CT molecular complexity index is 635. The minimum atomic E-state index is -0.533. The van der Waals surface area contributed by atoms with Gasteiger partial charge in [0.2, 0.25) is 5.91 Å². The highest BCUT2D eigenvalue weighted by molar-refractivity contribution is 5.78. The lowest BCUT2D eigenvalue weighted by atomic mass is 9.88. The van der Waals surface area contributed by atoms with Crippen molar-refractivity contribution in [3.63, 3.8) is 0 Å². The van der Waals surface area contributed by atoms with Gasteiger partial charge in [-0.05, 0) is 24.0 Å². The number of carbonyl (C=O) groups is 1. The fourth-order valence-electron chi connectivity index (χ4n) is 3.69. The van der Waals surface area contributed by atoms with Crippen LogP contribution in [0, 0.1) is 5.92 Å². The van der Waals surface area contributed by atoms with Crippen molar-refractivity contribution in [3.8, 4) is 0 Å². The number of rotatable bonds is 6. The maximum atomic E-state index is 12.6. The molecule has 2 aromatic carbocycles. The average molecular weight is 339 g/mol. The van der Waals surface area contributed by atoms with E-state index in [1.54, 1.807) is 0 Å². The smallest absolute Gasteiger partial charge is 0.221 e. The SMILES string of the molecule is O=C(CC(c1ccccc1)c1ccccc1)NC1CC(O)C(CO)C1. The fraction of sp³-hybridized carbons (Fsp3) is 0.381. The zero-order valence-electron chi connectivity index (χ0n) is 14.2. The third-order valence-corrected chi connectivity index (χ3v) is 5.05. The van der Waals surface area contributed by atoms with E-state index in [2.05, 4.69) is 5.32 Å². The van der Waals surface area contributed by atoms with Crippen molar-refractivity contribution in [2.24, 2.45) is 5.92 Å². The summed E-state index contributed by atoms with van der Waals surface area (Å²) in [5, 5.41) is 22.2. The molecule has 3 atom stereocenters. The molecule has 25 heavy (non-hydrogen) atoms. The monoisotopic (exact) mass is 339 g/mol. The normalized spacial score (nSPS) is 22.9. The van der Waals surface area contributed by atoms with Gasteiger partial charge in [0.25, 0.3) is 0 Å². The van der Waals surface area contributed by atoms with E-state index in [0.717, 1.165) is 11.1 Å². The molecule has 1 aliphatic carbocycles. The predicted molar refractivity (Wildman–Crippen MR) is 97.1 cm³/mol. The largest absolute Gasteiger partial charge is 0.396 e. The van der Waals surface area contributed by atoms with Gasteiger partial charge in [0.15, 0.2) is 0 Å². The van der Waals surface area contributed by atoms with Crippen LogP contribution in [0.2, 0.25) is 0 Å². The molecule has 1 aliphatic rings. The number of benzene rings is 2. The molecule has 0 radical (unpaired) electrons. The van der Waals surface area contributed by atoms with Crippen LogP contribution in [-0.4, -0.2) is 34.9 Å². The van der Waals surface area contributed by atoms with E-state index in [-0.39, 0.29) is 30.4 Å². The van der Waals surface area contributed by atoms with E-state index >= 15 is 0 Å². The maximum Gasteiger partial charge on any atom is 0.221 e. The van der Waals surface area contributed by atoms with Gasteiger partial charge in [0, 0.05) is 30.9 Å². The molecule has 1 fully saturated rings. The number of aliphatic hydroxyl groups excluding tert-OH is 2. The Morgan fingerprint density at radius 1 is 1.00 bits per heavy atom. The number of hydrogen-bond acceptors (Lipinski definition) is 3. The minimum absolute atomic E-state index is 0.00219. The Morgan fingerprint density at radius 3 is 2.04 bits per heavy atom. The molecule has 0 bridgehead atoms. The first-order chi connectivity index (χ1) is 12.2. The molecule has 2 aromatic rings. The van der Waals surface area contributed by atoms with Gasteiger partial charge in [-0.3, -0.25) is 4.79 Å². The Kier molecular flexibility index (Phi) is 5.84. The second-order valence-electron chi connectivity index (χ2n) is 6.82. The van der Waals surface area contributed by atoms with Gasteiger partial charge in [-0.25, -0.2) is 0 Å². The molecule has 3 unspecified atom stereocenters. The second kappa shape index (κ2) is 8.28. The summed E-state index contributed by atoms with van der Waals surface area (Å²) < 4.78 is 0. The van der Waals surface area contributed by atoms with Gasteiger partial charge in [0.1, 0.15) is 0 Å². The van der Waals surface area contributed by atoms with Gasteiger partial charge in [-0.15, -0.1) is 0 Å². The average Bonchev–Trinajstić information content (AvgIpc) is 3.00. The lowest BCUT2D eigenvalue weighted by Crippen LogP contribution is -2.34. The summed E-state index contributed by atoms with van der Waals surface area (Å²) in [4.78, 5) is 12.6. The van der Waals surface area contributed by atoms with E-state index in [1.165, 1.54) is 0 Å². The molecule has 3 N–H and O–H groups in total. The predicted octanol–water partition coefficient (Wildman–Crippen LogP) is 2.46. The Hall–Kier alpha value is -2.17. The van der Waals surface area contributed by atoms with Crippen molar-refractivity contribution >= 4 is 5.91 Å². The number of nitrogens with one attached hydrogen (secondary N) is 1. The highest BCUT2D eigenvalue weighted by atomic mass is 16.3. The molecule has 4 heteroatoms. The van der Waals surface area contributed by atoms with E-state index in [4.69, 9.17) is 0 Å². The van der Waals surface area contributed by atoms with Crippen LogP contribution in [0.5, 0.6) is 0 Å². The Morgan fingerprint density at radius 2 is 1.56 bits per heavy atom. The van der Waals surface area contributed by atoms with E-state index in [9.17, 15) is 15.0 Å². The zero-order valence-corrected chi connectivity index (χ0v) is 14.2. The Balaban J connectivity index is 1.69. The summed E-state index contributed by atoms with van der Waals surface area (Å²) in [6, 6.07) is 20.0. The van der Waals surface area contributed by atoms with Crippen LogP contribution in [0.25, 0.3) is 0 Å². The highest BCUT2D eigenvalue weighted by Crippen LogP contribution is 2.29. The highest BCUT2D eigenvalue weighted by Gasteiger charge is 2.33. The maximum absolute atomic E-state index is 12.6. The number of aliphatic hydroxyl groups is 2. The molecule has 0 heterocycles. The number of hydrogen-bond donors (Lipinski definition) is 3. The Labute approximate surface area is 148 Å². The topological polar surface area (TPSA) is 69.6 Å². The summed E-state index contributed by atoms with van der Waals surface area (Å²) in [5.41, 5.74) is 2.23. The molecule has 0 saturated heterocycles. The lowest BCUT2D eigenvalue weighted by molar-refractivity contribution is -0.122. The van der Waals surface area contributed by atoms with Crippen molar-refractivity contribution in [2.75, 3.05) is 6.61 Å². The van der Waals surface area contributed by atoms with Gasteiger partial charge < -0.3 is 15.5 Å². The summed E-state index contributed by atoms with van der Waals surface area (Å²) in [7, 11) is 0. The summed E-state index contributed by atoms with van der Waals surface area (Å²) >= 11 is 0. The minimum Gasteiger partial charge on any atom is -0.396 e. The van der Waals surface area contributed by atoms with Crippen LogP contribution in [0.15, 0.2) is 60.7 Å². The summed E-state index contributed by atoms with van der Waals surface area (Å²) in [6.07, 6.45) is 0.974. The summed E-state index contributed by atoms with van der Waals surface area (Å²) in [5.74, 6) is -0.153. The molecule has 3 rings (SSSR count). The van der Waals surface area contributed by atoms with E-state index in [0.29, 0.717) is 19.3 Å². The standard InChI is InChI=1S/C21H25NO3/c23-14-17-11-18(12-20(17)24)22-21(25)13-19(15-7-3-1-4-8-15)16-9-5-2-6-10-16/h1-10,17-20,23-24H,11-14H2,(H,22,25). The van der Waals surface area contributed by atoms with Crippen LogP contribution in [-0.2, 0) is 4.79 Å². The third kappa shape index (κ3) is 4.47. The molecule has 0 spiro atoms. The molecule has 0 aliphatic heterocycles. The number of amides is 1. The molecular weight excluding hydrogens is 314 g/mol. The molecule has 4 nitrogen and oxygen atoms in total. The first-order valence-electron chi connectivity index (χ1n) is 8.85. The van der Waals surface area contributed by atoms with Gasteiger partial charge in [0.05, 0.1) is 6.10 Å². The fourth-order valence-corrected chi connectivity index (χ4v) is 3.69. The number of carbonyl (C=O) groups excluding carboxylic acids is 1. The molecule has 1 amide bonds. The van der Waals surface area contributed by atoms with Crippen molar-refractivity contribution in [3.05, 3.63) is 71.8 Å². The van der Waals surface area contributed by atoms with Crippen LogP contribution in [0.4, 0.5) is 0 Å². The van der Waals surface area contributed by atoms with Crippen LogP contribution >= 0.6 is 0 Å². The first-order valence-corrected chi connectivity index (χ1v) is 8.85. The van der Waals surface area contributed by atoms with Crippen molar-refractivity contribution in [1.82, 2.24) is 5.32 Å². The van der Waals surface area contributed by atoms with Crippen LogP contribution in [0.3, 0.4) is 0 Å². The third-order valence-electron chi connectivity index (χ3n) is 5.05. The quantitative estimate of drug-likeness (QED) is 0.757. The molecule has 0 aromatic heterocycles. The molecule has 132 valence electrons. The van der Waals surface area contributed by atoms with Gasteiger partial charge in [-0.1, -0.05) is 60.7 Å².